The maximum Gasteiger partial charge on any atom is 0.322 e. The number of urea groups is 1. The van der Waals surface area contributed by atoms with Gasteiger partial charge in [-0.25, -0.2) is 13.2 Å². The molecule has 2 amide bonds. The fraction of sp³-hybridized carbons (Fsp3) is 0.588. The van der Waals surface area contributed by atoms with Crippen LogP contribution in [0, 0.1) is 0 Å². The zero-order chi connectivity index (χ0) is 17.7. The highest BCUT2D eigenvalue weighted by Gasteiger charge is 2.33. The van der Waals surface area contributed by atoms with E-state index in [1.807, 2.05) is 31.2 Å². The van der Waals surface area contributed by atoms with Crippen molar-refractivity contribution in [3.8, 4) is 0 Å². The molecule has 134 valence electrons. The normalized spacial score (nSPS) is 19.0. The monoisotopic (exact) mass is 353 g/mol. The summed E-state index contributed by atoms with van der Waals surface area (Å²) in [5.41, 5.74) is 1.84. The highest BCUT2D eigenvalue weighted by molar-refractivity contribution is 7.91. The SMILES string of the molecule is CCN(CC)c1ccc(NC(=O)N(CC)C2CCS(=O)(=O)C2)cc1. The van der Waals surface area contributed by atoms with E-state index >= 15 is 0 Å². The Balaban J connectivity index is 2.02. The van der Waals surface area contributed by atoms with Crippen LogP contribution in [0.15, 0.2) is 24.3 Å². The van der Waals surface area contributed by atoms with Gasteiger partial charge in [0.25, 0.3) is 0 Å². The van der Waals surface area contributed by atoms with Crippen molar-refractivity contribution in [2.75, 3.05) is 41.4 Å². The van der Waals surface area contributed by atoms with Gasteiger partial charge in [0.1, 0.15) is 0 Å². The molecule has 2 rings (SSSR count). The quantitative estimate of drug-likeness (QED) is 0.853. The summed E-state index contributed by atoms with van der Waals surface area (Å²) in [5.74, 6) is 0.231. The van der Waals surface area contributed by atoms with Gasteiger partial charge in [0.2, 0.25) is 0 Å². The summed E-state index contributed by atoms with van der Waals surface area (Å²) in [6, 6.07) is 7.26. The van der Waals surface area contributed by atoms with Crippen LogP contribution >= 0.6 is 0 Å². The molecule has 0 spiro atoms. The minimum absolute atomic E-state index is 0.0646. The number of amides is 2. The summed E-state index contributed by atoms with van der Waals surface area (Å²) in [6.07, 6.45) is 0.518. The number of carbonyl (C=O) groups is 1. The van der Waals surface area contributed by atoms with Crippen molar-refractivity contribution >= 4 is 27.2 Å². The van der Waals surface area contributed by atoms with E-state index in [0.29, 0.717) is 13.0 Å². The van der Waals surface area contributed by atoms with E-state index in [2.05, 4.69) is 24.1 Å². The van der Waals surface area contributed by atoms with Crippen molar-refractivity contribution in [1.29, 1.82) is 0 Å². The zero-order valence-corrected chi connectivity index (χ0v) is 15.5. The molecule has 1 aliphatic heterocycles. The van der Waals surface area contributed by atoms with Gasteiger partial charge in [-0.05, 0) is 51.5 Å². The lowest BCUT2D eigenvalue weighted by atomic mass is 10.2. The van der Waals surface area contributed by atoms with Crippen LogP contribution in [0.4, 0.5) is 16.2 Å². The predicted molar refractivity (Wildman–Crippen MR) is 98.5 cm³/mol. The van der Waals surface area contributed by atoms with Gasteiger partial charge in [-0.3, -0.25) is 0 Å². The summed E-state index contributed by atoms with van der Waals surface area (Å²) in [4.78, 5) is 16.3. The molecule has 1 aromatic carbocycles. The van der Waals surface area contributed by atoms with Gasteiger partial charge in [-0.1, -0.05) is 0 Å². The molecule has 1 unspecified atom stereocenters. The van der Waals surface area contributed by atoms with Gasteiger partial charge >= 0.3 is 6.03 Å². The van der Waals surface area contributed by atoms with Crippen LogP contribution in [-0.2, 0) is 9.84 Å². The molecule has 0 bridgehead atoms. The Hall–Kier alpha value is -1.76. The maximum absolute atomic E-state index is 12.5. The number of nitrogens with zero attached hydrogens (tertiary/aromatic N) is 2. The lowest BCUT2D eigenvalue weighted by Gasteiger charge is -2.27. The van der Waals surface area contributed by atoms with E-state index < -0.39 is 9.84 Å². The molecule has 1 aliphatic rings. The van der Waals surface area contributed by atoms with Crippen LogP contribution in [0.5, 0.6) is 0 Å². The third kappa shape index (κ3) is 4.41. The molecule has 1 saturated heterocycles. The van der Waals surface area contributed by atoms with Gasteiger partial charge < -0.3 is 15.1 Å². The molecule has 7 heteroatoms. The molecule has 0 aromatic heterocycles. The molecule has 1 fully saturated rings. The van der Waals surface area contributed by atoms with Crippen molar-refractivity contribution < 1.29 is 13.2 Å². The first-order valence-electron chi connectivity index (χ1n) is 8.53. The topological polar surface area (TPSA) is 69.7 Å². The average Bonchev–Trinajstić information content (AvgIpc) is 2.90. The van der Waals surface area contributed by atoms with Gasteiger partial charge in [0, 0.05) is 37.1 Å². The van der Waals surface area contributed by atoms with E-state index in [4.69, 9.17) is 0 Å². The summed E-state index contributed by atoms with van der Waals surface area (Å²) < 4.78 is 23.3. The summed E-state index contributed by atoms with van der Waals surface area (Å²) in [7, 11) is -3.01. The number of anilines is 2. The van der Waals surface area contributed by atoms with Gasteiger partial charge in [0.05, 0.1) is 11.5 Å². The first kappa shape index (κ1) is 18.6. The van der Waals surface area contributed by atoms with Crippen LogP contribution in [0.1, 0.15) is 27.2 Å². The Labute approximate surface area is 144 Å². The Morgan fingerprint density at radius 3 is 2.21 bits per heavy atom. The molecular formula is C17H27N3O3S. The smallest absolute Gasteiger partial charge is 0.322 e. The Morgan fingerprint density at radius 2 is 1.75 bits per heavy atom. The van der Waals surface area contributed by atoms with E-state index in [9.17, 15) is 13.2 Å². The number of carbonyl (C=O) groups excluding carboxylic acids is 1. The predicted octanol–water partition coefficient (Wildman–Crippen LogP) is 2.57. The molecule has 1 aromatic rings. The fourth-order valence-electron chi connectivity index (χ4n) is 3.13. The summed E-state index contributed by atoms with van der Waals surface area (Å²) in [5, 5.41) is 2.87. The molecule has 24 heavy (non-hydrogen) atoms. The van der Waals surface area contributed by atoms with E-state index in [1.54, 1.807) is 4.90 Å². The number of hydrogen-bond acceptors (Lipinski definition) is 4. The van der Waals surface area contributed by atoms with Crippen molar-refractivity contribution in [2.24, 2.45) is 0 Å². The summed E-state index contributed by atoms with van der Waals surface area (Å²) >= 11 is 0. The first-order valence-corrected chi connectivity index (χ1v) is 10.3. The van der Waals surface area contributed by atoms with Gasteiger partial charge in [-0.15, -0.1) is 0 Å². The van der Waals surface area contributed by atoms with Crippen molar-refractivity contribution in [2.45, 2.75) is 33.2 Å². The Bertz CT molecular complexity index is 654. The zero-order valence-electron chi connectivity index (χ0n) is 14.7. The minimum Gasteiger partial charge on any atom is -0.372 e. The largest absolute Gasteiger partial charge is 0.372 e. The lowest BCUT2D eigenvalue weighted by molar-refractivity contribution is 0.197. The molecule has 1 heterocycles. The van der Waals surface area contributed by atoms with Crippen molar-refractivity contribution in [3.63, 3.8) is 0 Å². The molecule has 1 N–H and O–H groups in total. The fourth-order valence-corrected chi connectivity index (χ4v) is 4.86. The van der Waals surface area contributed by atoms with Gasteiger partial charge in [-0.2, -0.15) is 0 Å². The van der Waals surface area contributed by atoms with Crippen LogP contribution in [0.3, 0.4) is 0 Å². The lowest BCUT2D eigenvalue weighted by Crippen LogP contribution is -2.43. The van der Waals surface area contributed by atoms with Crippen molar-refractivity contribution in [3.05, 3.63) is 24.3 Å². The van der Waals surface area contributed by atoms with E-state index in [1.165, 1.54) is 0 Å². The molecule has 1 atom stereocenters. The van der Waals surface area contributed by atoms with Crippen LogP contribution < -0.4 is 10.2 Å². The van der Waals surface area contributed by atoms with Gasteiger partial charge in [0.15, 0.2) is 9.84 Å². The third-order valence-electron chi connectivity index (χ3n) is 4.50. The maximum atomic E-state index is 12.5. The van der Waals surface area contributed by atoms with Crippen LogP contribution in [-0.4, -0.2) is 56.5 Å². The van der Waals surface area contributed by atoms with Crippen LogP contribution in [0.25, 0.3) is 0 Å². The molecule has 0 aliphatic carbocycles. The second-order valence-corrected chi connectivity index (χ2v) is 8.22. The van der Waals surface area contributed by atoms with E-state index in [-0.39, 0.29) is 23.6 Å². The number of rotatable bonds is 6. The number of hydrogen-bond donors (Lipinski definition) is 1. The van der Waals surface area contributed by atoms with Crippen LogP contribution in [0.2, 0.25) is 0 Å². The highest BCUT2D eigenvalue weighted by Crippen LogP contribution is 2.21. The van der Waals surface area contributed by atoms with Crippen molar-refractivity contribution in [1.82, 2.24) is 4.90 Å². The number of benzene rings is 1. The highest BCUT2D eigenvalue weighted by atomic mass is 32.2. The Morgan fingerprint density at radius 1 is 1.12 bits per heavy atom. The molecule has 0 saturated carbocycles. The second-order valence-electron chi connectivity index (χ2n) is 5.99. The number of sulfone groups is 1. The second kappa shape index (κ2) is 7.88. The molecule has 0 radical (unpaired) electrons. The third-order valence-corrected chi connectivity index (χ3v) is 6.25. The Kier molecular flexibility index (Phi) is 6.10. The first-order chi connectivity index (χ1) is 11.4. The summed E-state index contributed by atoms with van der Waals surface area (Å²) in [6.45, 7) is 8.43. The molecule has 6 nitrogen and oxygen atoms in total. The molecular weight excluding hydrogens is 326 g/mol. The average molecular weight is 353 g/mol. The standard InChI is InChI=1S/C17H27N3O3S/c1-4-19(5-2)15-9-7-14(8-10-15)18-17(21)20(6-3)16-11-12-24(22,23)13-16/h7-10,16H,4-6,11-13H2,1-3H3,(H,18,21). The van der Waals surface area contributed by atoms with E-state index in [0.717, 1.165) is 24.5 Å². The number of nitrogens with one attached hydrogen (secondary N) is 1. The minimum atomic E-state index is -3.01.